The topological polar surface area (TPSA) is 26.3 Å². The van der Waals surface area contributed by atoms with Gasteiger partial charge in [0.25, 0.3) is 0 Å². The third kappa shape index (κ3) is 3.06. The quantitative estimate of drug-likeness (QED) is 0.473. The zero-order valence-corrected chi connectivity index (χ0v) is 11.5. The highest BCUT2D eigenvalue weighted by molar-refractivity contribution is 14.1. The van der Waals surface area contributed by atoms with Crippen molar-refractivity contribution in [1.82, 2.24) is 0 Å². The maximum absolute atomic E-state index is 11.9. The molecular weight excluding hydrogens is 327 g/mol. The number of carbonyl (C=O) groups excluding carboxylic acids is 1. The Morgan fingerprint density at radius 3 is 2.35 bits per heavy atom. The Labute approximate surface area is 114 Å². The van der Waals surface area contributed by atoms with E-state index in [-0.39, 0.29) is 5.97 Å². The molecule has 0 N–H and O–H groups in total. The number of carbonyl (C=O) groups is 1. The molecule has 3 heteroatoms. The molecule has 0 unspecified atom stereocenters. The smallest absolute Gasteiger partial charge is 0.343 e. The molecule has 0 aliphatic carbocycles. The van der Waals surface area contributed by atoms with E-state index in [4.69, 9.17) is 4.74 Å². The van der Waals surface area contributed by atoms with Crippen molar-refractivity contribution < 1.29 is 9.53 Å². The molecule has 2 aromatic carbocycles. The summed E-state index contributed by atoms with van der Waals surface area (Å²) in [7, 11) is 0. The Morgan fingerprint density at radius 2 is 1.71 bits per heavy atom. The van der Waals surface area contributed by atoms with Gasteiger partial charge < -0.3 is 4.74 Å². The molecule has 0 amide bonds. The van der Waals surface area contributed by atoms with Gasteiger partial charge in [0.05, 0.1) is 5.56 Å². The fraction of sp³-hybridized carbons (Fsp3) is 0.0714. The molecule has 0 radical (unpaired) electrons. The standard InChI is InChI=1S/C14H11IO2/c1-10-4-2-3-5-13(10)14(16)17-12-8-6-11(15)7-9-12/h2-9H,1H3. The largest absolute Gasteiger partial charge is 0.423 e. The van der Waals surface area contributed by atoms with Gasteiger partial charge in [0, 0.05) is 3.57 Å². The highest BCUT2D eigenvalue weighted by atomic mass is 127. The van der Waals surface area contributed by atoms with Gasteiger partial charge in [0.2, 0.25) is 0 Å². The molecule has 0 heterocycles. The first-order chi connectivity index (χ1) is 8.16. The van der Waals surface area contributed by atoms with E-state index in [1.54, 1.807) is 18.2 Å². The van der Waals surface area contributed by atoms with Gasteiger partial charge in [-0.05, 0) is 65.4 Å². The van der Waals surface area contributed by atoms with Crippen LogP contribution in [-0.4, -0.2) is 5.97 Å². The Kier molecular flexibility index (Phi) is 3.78. The van der Waals surface area contributed by atoms with Crippen molar-refractivity contribution in [2.75, 3.05) is 0 Å². The van der Waals surface area contributed by atoms with E-state index < -0.39 is 0 Å². The monoisotopic (exact) mass is 338 g/mol. The lowest BCUT2D eigenvalue weighted by Crippen LogP contribution is -2.09. The minimum Gasteiger partial charge on any atom is -0.423 e. The van der Waals surface area contributed by atoms with Crippen LogP contribution in [0.3, 0.4) is 0 Å². The number of hydrogen-bond acceptors (Lipinski definition) is 2. The van der Waals surface area contributed by atoms with Gasteiger partial charge in [0.1, 0.15) is 5.75 Å². The van der Waals surface area contributed by atoms with E-state index in [1.165, 1.54) is 0 Å². The van der Waals surface area contributed by atoms with Crippen molar-refractivity contribution in [3.05, 3.63) is 63.2 Å². The number of halogens is 1. The van der Waals surface area contributed by atoms with Gasteiger partial charge in [-0.15, -0.1) is 0 Å². The Balaban J connectivity index is 2.17. The lowest BCUT2D eigenvalue weighted by Gasteiger charge is -2.06. The first kappa shape index (κ1) is 12.1. The molecule has 0 fully saturated rings. The lowest BCUT2D eigenvalue weighted by molar-refractivity contribution is 0.0734. The van der Waals surface area contributed by atoms with Crippen LogP contribution >= 0.6 is 22.6 Å². The molecule has 0 saturated heterocycles. The van der Waals surface area contributed by atoms with Crippen LogP contribution in [-0.2, 0) is 0 Å². The first-order valence-corrected chi connectivity index (χ1v) is 6.28. The molecule has 2 aromatic rings. The van der Waals surface area contributed by atoms with Crippen molar-refractivity contribution in [3.63, 3.8) is 0 Å². The van der Waals surface area contributed by atoms with Crippen LogP contribution in [0, 0.1) is 10.5 Å². The van der Waals surface area contributed by atoms with Crippen LogP contribution < -0.4 is 4.74 Å². The van der Waals surface area contributed by atoms with E-state index >= 15 is 0 Å². The van der Waals surface area contributed by atoms with E-state index in [0.717, 1.165) is 9.13 Å². The Bertz CT molecular complexity index is 532. The molecule has 2 nitrogen and oxygen atoms in total. The van der Waals surface area contributed by atoms with Crippen molar-refractivity contribution in [3.8, 4) is 5.75 Å². The molecule has 2 rings (SSSR count). The average Bonchev–Trinajstić information content (AvgIpc) is 2.32. The van der Waals surface area contributed by atoms with Crippen molar-refractivity contribution in [1.29, 1.82) is 0 Å². The van der Waals surface area contributed by atoms with Crippen molar-refractivity contribution in [2.45, 2.75) is 6.92 Å². The van der Waals surface area contributed by atoms with Gasteiger partial charge in [-0.1, -0.05) is 18.2 Å². The maximum atomic E-state index is 11.9. The SMILES string of the molecule is Cc1ccccc1C(=O)Oc1ccc(I)cc1. The number of esters is 1. The zero-order valence-electron chi connectivity index (χ0n) is 9.31. The van der Waals surface area contributed by atoms with Gasteiger partial charge >= 0.3 is 5.97 Å². The van der Waals surface area contributed by atoms with Crippen LogP contribution in [0.15, 0.2) is 48.5 Å². The Morgan fingerprint density at radius 1 is 1.06 bits per heavy atom. The first-order valence-electron chi connectivity index (χ1n) is 5.20. The molecule has 0 atom stereocenters. The number of hydrogen-bond donors (Lipinski definition) is 0. The molecule has 0 aliphatic rings. The van der Waals surface area contributed by atoms with Crippen LogP contribution in [0.2, 0.25) is 0 Å². The molecule has 0 bridgehead atoms. The molecule has 0 spiro atoms. The average molecular weight is 338 g/mol. The zero-order chi connectivity index (χ0) is 12.3. The summed E-state index contributed by atoms with van der Waals surface area (Å²) in [6.07, 6.45) is 0. The predicted molar refractivity (Wildman–Crippen MR) is 75.3 cm³/mol. The molecule has 0 aliphatic heterocycles. The molecule has 17 heavy (non-hydrogen) atoms. The summed E-state index contributed by atoms with van der Waals surface area (Å²) in [6, 6.07) is 14.8. The van der Waals surface area contributed by atoms with Crippen LogP contribution in [0.5, 0.6) is 5.75 Å². The van der Waals surface area contributed by atoms with Gasteiger partial charge in [0.15, 0.2) is 0 Å². The fourth-order valence-electron chi connectivity index (χ4n) is 1.47. The number of rotatable bonds is 2. The lowest BCUT2D eigenvalue weighted by atomic mass is 10.1. The fourth-order valence-corrected chi connectivity index (χ4v) is 1.83. The maximum Gasteiger partial charge on any atom is 0.343 e. The third-order valence-corrected chi connectivity index (χ3v) is 3.11. The van der Waals surface area contributed by atoms with Crippen molar-refractivity contribution in [2.24, 2.45) is 0 Å². The number of aryl methyl sites for hydroxylation is 1. The van der Waals surface area contributed by atoms with Gasteiger partial charge in [-0.25, -0.2) is 4.79 Å². The minimum atomic E-state index is -0.315. The molecule has 0 saturated carbocycles. The highest BCUT2D eigenvalue weighted by Crippen LogP contribution is 2.16. The summed E-state index contributed by atoms with van der Waals surface area (Å²) in [5, 5.41) is 0. The van der Waals surface area contributed by atoms with Gasteiger partial charge in [-0.2, -0.15) is 0 Å². The second-order valence-corrected chi connectivity index (χ2v) is 4.90. The summed E-state index contributed by atoms with van der Waals surface area (Å²) in [4.78, 5) is 11.9. The summed E-state index contributed by atoms with van der Waals surface area (Å²) in [5.41, 5.74) is 1.52. The normalized spacial score (nSPS) is 10.0. The highest BCUT2D eigenvalue weighted by Gasteiger charge is 2.10. The molecule has 0 aromatic heterocycles. The molecular formula is C14H11IO2. The number of ether oxygens (including phenoxy) is 1. The van der Waals surface area contributed by atoms with E-state index in [1.807, 2.05) is 37.3 Å². The van der Waals surface area contributed by atoms with E-state index in [9.17, 15) is 4.79 Å². The van der Waals surface area contributed by atoms with E-state index in [0.29, 0.717) is 11.3 Å². The second kappa shape index (κ2) is 5.31. The summed E-state index contributed by atoms with van der Waals surface area (Å²) < 4.78 is 6.40. The summed E-state index contributed by atoms with van der Waals surface area (Å²) in [5.74, 6) is 0.253. The Hall–Kier alpha value is -1.36. The van der Waals surface area contributed by atoms with Crippen LogP contribution in [0.25, 0.3) is 0 Å². The number of benzene rings is 2. The predicted octanol–water partition coefficient (Wildman–Crippen LogP) is 3.82. The van der Waals surface area contributed by atoms with Gasteiger partial charge in [-0.3, -0.25) is 0 Å². The van der Waals surface area contributed by atoms with Crippen LogP contribution in [0.1, 0.15) is 15.9 Å². The van der Waals surface area contributed by atoms with E-state index in [2.05, 4.69) is 22.6 Å². The minimum absolute atomic E-state index is 0.315. The third-order valence-electron chi connectivity index (χ3n) is 2.39. The van der Waals surface area contributed by atoms with Crippen LogP contribution in [0.4, 0.5) is 0 Å². The molecule has 86 valence electrons. The summed E-state index contributed by atoms with van der Waals surface area (Å²) >= 11 is 2.21. The summed E-state index contributed by atoms with van der Waals surface area (Å²) in [6.45, 7) is 1.89. The second-order valence-electron chi connectivity index (χ2n) is 3.66. The van der Waals surface area contributed by atoms with Crippen molar-refractivity contribution >= 4 is 28.6 Å².